The number of aromatic nitrogens is 2. The van der Waals surface area contributed by atoms with Crippen molar-refractivity contribution < 1.29 is 8.42 Å². The molecule has 1 aromatic carbocycles. The van der Waals surface area contributed by atoms with Crippen molar-refractivity contribution in [3.8, 4) is 0 Å². The molecule has 0 bridgehead atoms. The molecule has 0 aliphatic carbocycles. The van der Waals surface area contributed by atoms with Gasteiger partial charge in [0.15, 0.2) is 0 Å². The second-order valence-electron chi connectivity index (χ2n) is 4.38. The van der Waals surface area contributed by atoms with Gasteiger partial charge in [-0.3, -0.25) is 9.40 Å². The lowest BCUT2D eigenvalue weighted by Crippen LogP contribution is -2.15. The molecule has 1 aromatic heterocycles. The summed E-state index contributed by atoms with van der Waals surface area (Å²) in [5.41, 5.74) is 0.546. The summed E-state index contributed by atoms with van der Waals surface area (Å²) in [6.07, 6.45) is 4.83. The van der Waals surface area contributed by atoms with Gasteiger partial charge in [0.05, 0.1) is 12.7 Å². The maximum absolute atomic E-state index is 12.3. The minimum Gasteiger partial charge on any atom is -0.318 e. The highest BCUT2D eigenvalue weighted by Gasteiger charge is 2.16. The number of anilines is 1. The van der Waals surface area contributed by atoms with E-state index in [1.807, 2.05) is 25.4 Å². The predicted molar refractivity (Wildman–Crippen MR) is 85.2 cm³/mol. The van der Waals surface area contributed by atoms with E-state index in [0.717, 1.165) is 11.4 Å². The maximum atomic E-state index is 12.3. The van der Waals surface area contributed by atoms with Crippen molar-refractivity contribution in [2.45, 2.75) is 16.3 Å². The molecule has 114 valence electrons. The first-order valence-electron chi connectivity index (χ1n) is 6.39. The number of hydrogen-bond donors (Lipinski definition) is 2. The second-order valence-corrected chi connectivity index (χ2v) is 6.94. The van der Waals surface area contributed by atoms with Gasteiger partial charge in [0.2, 0.25) is 0 Å². The Kier molecular flexibility index (Phi) is 5.27. The van der Waals surface area contributed by atoms with Gasteiger partial charge >= 0.3 is 0 Å². The van der Waals surface area contributed by atoms with E-state index in [4.69, 9.17) is 0 Å². The van der Waals surface area contributed by atoms with Crippen molar-refractivity contribution >= 4 is 27.5 Å². The van der Waals surface area contributed by atoms with Crippen LogP contribution in [0.1, 0.15) is 0 Å². The van der Waals surface area contributed by atoms with Crippen LogP contribution in [-0.2, 0) is 16.6 Å². The first-order chi connectivity index (χ1) is 10.0. The third-order valence-electron chi connectivity index (χ3n) is 2.83. The number of nitrogens with zero attached hydrogens (tertiary/aromatic N) is 2. The van der Waals surface area contributed by atoms with Crippen molar-refractivity contribution in [3.05, 3.63) is 36.7 Å². The zero-order valence-corrected chi connectivity index (χ0v) is 13.5. The number of nitrogens with one attached hydrogen (secondary N) is 2. The highest BCUT2D eigenvalue weighted by Crippen LogP contribution is 2.21. The molecule has 2 N–H and O–H groups in total. The number of benzene rings is 1. The van der Waals surface area contributed by atoms with E-state index in [1.54, 1.807) is 28.6 Å². The summed E-state index contributed by atoms with van der Waals surface area (Å²) in [5.74, 6) is 0. The standard InChI is InChI=1S/C13H18N4O2S2/c1-14-6-7-17-10-13(9-15-17)21(18,19)16-11-4-3-5-12(8-11)20-2/h3-5,8-10,14,16H,6-7H2,1-2H3. The van der Waals surface area contributed by atoms with Crippen LogP contribution in [0.5, 0.6) is 0 Å². The van der Waals surface area contributed by atoms with Crippen LogP contribution in [0.15, 0.2) is 46.5 Å². The van der Waals surface area contributed by atoms with Crippen LogP contribution in [0, 0.1) is 0 Å². The molecular weight excluding hydrogens is 308 g/mol. The summed E-state index contributed by atoms with van der Waals surface area (Å²) in [7, 11) is -1.77. The molecule has 0 saturated heterocycles. The zero-order chi connectivity index (χ0) is 15.3. The Morgan fingerprint density at radius 1 is 1.38 bits per heavy atom. The SMILES string of the molecule is CNCCn1cc(S(=O)(=O)Nc2cccc(SC)c2)cn1. The van der Waals surface area contributed by atoms with Gasteiger partial charge < -0.3 is 5.32 Å². The molecule has 0 spiro atoms. The Balaban J connectivity index is 2.15. The summed E-state index contributed by atoms with van der Waals surface area (Å²) < 4.78 is 28.8. The molecule has 0 radical (unpaired) electrons. The van der Waals surface area contributed by atoms with E-state index >= 15 is 0 Å². The average molecular weight is 326 g/mol. The largest absolute Gasteiger partial charge is 0.318 e. The van der Waals surface area contributed by atoms with E-state index in [-0.39, 0.29) is 4.90 Å². The molecule has 0 aliphatic rings. The van der Waals surface area contributed by atoms with Crippen LogP contribution in [0.3, 0.4) is 0 Å². The van der Waals surface area contributed by atoms with Crippen molar-refractivity contribution in [1.29, 1.82) is 0 Å². The Hall–Kier alpha value is -1.51. The summed E-state index contributed by atoms with van der Waals surface area (Å²) >= 11 is 1.56. The molecule has 1 heterocycles. The van der Waals surface area contributed by atoms with E-state index in [0.29, 0.717) is 12.2 Å². The Morgan fingerprint density at radius 3 is 2.90 bits per heavy atom. The molecular formula is C13H18N4O2S2. The topological polar surface area (TPSA) is 76.0 Å². The lowest BCUT2D eigenvalue weighted by atomic mass is 10.3. The average Bonchev–Trinajstić information content (AvgIpc) is 2.94. The van der Waals surface area contributed by atoms with Gasteiger partial charge in [-0.05, 0) is 31.5 Å². The van der Waals surface area contributed by atoms with Gasteiger partial charge in [0, 0.05) is 23.3 Å². The Bertz CT molecular complexity index is 698. The molecule has 8 heteroatoms. The van der Waals surface area contributed by atoms with E-state index in [9.17, 15) is 8.42 Å². The Labute approximate surface area is 129 Å². The molecule has 0 amide bonds. The maximum Gasteiger partial charge on any atom is 0.265 e. The van der Waals surface area contributed by atoms with Crippen LogP contribution < -0.4 is 10.0 Å². The van der Waals surface area contributed by atoms with Gasteiger partial charge in [0.1, 0.15) is 4.90 Å². The van der Waals surface area contributed by atoms with Gasteiger partial charge in [-0.15, -0.1) is 11.8 Å². The molecule has 0 atom stereocenters. The van der Waals surface area contributed by atoms with Gasteiger partial charge in [-0.1, -0.05) is 6.07 Å². The quantitative estimate of drug-likeness (QED) is 0.756. The number of rotatable bonds is 7. The van der Waals surface area contributed by atoms with Crippen molar-refractivity contribution in [2.75, 3.05) is 24.6 Å². The first kappa shape index (κ1) is 15.9. The van der Waals surface area contributed by atoms with E-state index in [1.165, 1.54) is 12.4 Å². The normalized spacial score (nSPS) is 11.5. The summed E-state index contributed by atoms with van der Waals surface area (Å²) in [5, 5.41) is 7.04. The lowest BCUT2D eigenvalue weighted by molar-refractivity contribution is 0.582. The van der Waals surface area contributed by atoms with Crippen LogP contribution in [0.25, 0.3) is 0 Å². The fourth-order valence-corrected chi connectivity index (χ4v) is 3.19. The van der Waals surface area contributed by atoms with Gasteiger partial charge in [0.25, 0.3) is 10.0 Å². The van der Waals surface area contributed by atoms with E-state index < -0.39 is 10.0 Å². The smallest absolute Gasteiger partial charge is 0.265 e. The monoisotopic (exact) mass is 326 g/mol. The summed E-state index contributed by atoms with van der Waals surface area (Å²) in [6, 6.07) is 7.27. The fraction of sp³-hybridized carbons (Fsp3) is 0.308. The summed E-state index contributed by atoms with van der Waals surface area (Å²) in [4.78, 5) is 1.16. The molecule has 2 rings (SSSR count). The van der Waals surface area contributed by atoms with Crippen molar-refractivity contribution in [2.24, 2.45) is 0 Å². The predicted octanol–water partition coefficient (Wildman–Crippen LogP) is 1.63. The van der Waals surface area contributed by atoms with E-state index in [2.05, 4.69) is 15.1 Å². The van der Waals surface area contributed by atoms with Crippen molar-refractivity contribution in [3.63, 3.8) is 0 Å². The molecule has 0 fully saturated rings. The molecule has 6 nitrogen and oxygen atoms in total. The fourth-order valence-electron chi connectivity index (χ4n) is 1.73. The summed E-state index contributed by atoms with van der Waals surface area (Å²) in [6.45, 7) is 1.35. The highest BCUT2D eigenvalue weighted by molar-refractivity contribution is 7.98. The number of thioether (sulfide) groups is 1. The third kappa shape index (κ3) is 4.23. The number of hydrogen-bond acceptors (Lipinski definition) is 5. The van der Waals surface area contributed by atoms with Crippen molar-refractivity contribution in [1.82, 2.24) is 15.1 Å². The zero-order valence-electron chi connectivity index (χ0n) is 11.9. The van der Waals surface area contributed by atoms with Crippen LogP contribution in [-0.4, -0.2) is 38.0 Å². The third-order valence-corrected chi connectivity index (χ3v) is 4.89. The Morgan fingerprint density at radius 2 is 2.19 bits per heavy atom. The van der Waals surface area contributed by atoms with Crippen LogP contribution in [0.4, 0.5) is 5.69 Å². The minimum atomic E-state index is -3.61. The second kappa shape index (κ2) is 6.97. The molecule has 0 saturated carbocycles. The highest BCUT2D eigenvalue weighted by atomic mass is 32.2. The molecule has 21 heavy (non-hydrogen) atoms. The van der Waals surface area contributed by atoms with Crippen LogP contribution in [0.2, 0.25) is 0 Å². The number of sulfonamides is 1. The van der Waals surface area contributed by atoms with Crippen LogP contribution >= 0.6 is 11.8 Å². The number of likely N-dealkylation sites (N-methyl/N-ethyl adjacent to an activating group) is 1. The van der Waals surface area contributed by atoms with Gasteiger partial charge in [-0.2, -0.15) is 5.10 Å². The first-order valence-corrected chi connectivity index (χ1v) is 9.10. The minimum absolute atomic E-state index is 0.160. The molecule has 0 aliphatic heterocycles. The van der Waals surface area contributed by atoms with Gasteiger partial charge in [-0.25, -0.2) is 8.42 Å². The lowest BCUT2D eigenvalue weighted by Gasteiger charge is -2.07. The molecule has 2 aromatic rings. The molecule has 0 unspecified atom stereocenters.